The Bertz CT molecular complexity index is 1020. The zero-order valence-corrected chi connectivity index (χ0v) is 22.3. The molecular weight excluding hydrogens is 481 g/mol. The smallest absolute Gasteiger partial charge is 0.229 e. The highest BCUT2D eigenvalue weighted by atomic mass is 35.5. The van der Waals surface area contributed by atoms with Crippen LogP contribution in [0.25, 0.3) is 10.2 Å². The maximum Gasteiger partial charge on any atom is 0.229 e. The lowest BCUT2D eigenvalue weighted by Gasteiger charge is -2.24. The van der Waals surface area contributed by atoms with Crippen LogP contribution in [0.3, 0.4) is 0 Å². The number of halogens is 2. The summed E-state index contributed by atoms with van der Waals surface area (Å²) >= 11 is 9.51. The molecule has 0 aliphatic heterocycles. The average Bonchev–Trinajstić information content (AvgIpc) is 3.16. The second-order valence-electron chi connectivity index (χ2n) is 7.55. The van der Waals surface area contributed by atoms with Gasteiger partial charge in [-0.05, 0) is 56.8 Å². The number of fused-ring (bicyclic) bond motifs is 1. The van der Waals surface area contributed by atoms with Gasteiger partial charge in [0.1, 0.15) is 0 Å². The third kappa shape index (κ3) is 7.09. The number of amides is 1. The van der Waals surface area contributed by atoms with Crippen molar-refractivity contribution >= 4 is 68.4 Å². The van der Waals surface area contributed by atoms with Crippen LogP contribution in [0, 0.1) is 13.8 Å². The highest BCUT2D eigenvalue weighted by Gasteiger charge is 2.21. The zero-order chi connectivity index (χ0) is 22.4. The number of hydrogen-bond donors (Lipinski definition) is 0. The molecule has 0 radical (unpaired) electrons. The minimum absolute atomic E-state index is 0. The van der Waals surface area contributed by atoms with E-state index in [4.69, 9.17) is 16.6 Å². The van der Waals surface area contributed by atoms with Gasteiger partial charge in [0, 0.05) is 35.2 Å². The van der Waals surface area contributed by atoms with Gasteiger partial charge in [-0.15, -0.1) is 24.2 Å². The molecule has 0 N–H and O–H groups in total. The molecule has 3 aromatic rings. The van der Waals surface area contributed by atoms with Crippen molar-refractivity contribution in [2.24, 2.45) is 0 Å². The number of likely N-dealkylation sites (N-methyl/N-ethyl adjacent to an activating group) is 1. The summed E-state index contributed by atoms with van der Waals surface area (Å²) in [5.74, 6) is 0.869. The van der Waals surface area contributed by atoms with E-state index in [0.29, 0.717) is 18.0 Å². The fourth-order valence-electron chi connectivity index (χ4n) is 3.39. The van der Waals surface area contributed by atoms with Crippen LogP contribution in [0.2, 0.25) is 5.02 Å². The number of rotatable bonds is 10. The van der Waals surface area contributed by atoms with Crippen LogP contribution < -0.4 is 4.90 Å². The van der Waals surface area contributed by atoms with Crippen LogP contribution in [0.15, 0.2) is 41.3 Å². The summed E-state index contributed by atoms with van der Waals surface area (Å²) in [5, 5.41) is 1.47. The number of aromatic nitrogens is 1. The highest BCUT2D eigenvalue weighted by Crippen LogP contribution is 2.33. The molecule has 1 heterocycles. The molecule has 1 aromatic heterocycles. The molecular formula is C24H31Cl2N3OS2. The zero-order valence-electron chi connectivity index (χ0n) is 19.1. The van der Waals surface area contributed by atoms with Crippen molar-refractivity contribution < 1.29 is 4.79 Å². The lowest BCUT2D eigenvalue weighted by molar-refractivity contribution is -0.118. The van der Waals surface area contributed by atoms with Crippen LogP contribution in [0.4, 0.5) is 5.13 Å². The first-order valence-electron chi connectivity index (χ1n) is 10.7. The van der Waals surface area contributed by atoms with Crippen LogP contribution in [-0.2, 0) is 4.79 Å². The van der Waals surface area contributed by atoms with Crippen molar-refractivity contribution in [3.05, 3.63) is 52.5 Å². The van der Waals surface area contributed by atoms with E-state index in [1.54, 1.807) is 23.1 Å². The van der Waals surface area contributed by atoms with E-state index in [-0.39, 0.29) is 18.3 Å². The van der Waals surface area contributed by atoms with Crippen molar-refractivity contribution in [2.45, 2.75) is 39.0 Å². The molecule has 0 spiro atoms. The molecule has 32 heavy (non-hydrogen) atoms. The molecule has 0 atom stereocenters. The van der Waals surface area contributed by atoms with E-state index in [0.717, 1.165) is 46.3 Å². The average molecular weight is 513 g/mol. The molecule has 1 amide bonds. The first-order valence-corrected chi connectivity index (χ1v) is 12.9. The molecule has 0 saturated heterocycles. The number of anilines is 1. The van der Waals surface area contributed by atoms with Crippen molar-refractivity contribution in [1.29, 1.82) is 0 Å². The second kappa shape index (κ2) is 12.8. The maximum atomic E-state index is 13.2. The standard InChI is InChI=1S/C24H30ClN3OS2.ClH/c1-5-27(6-2)12-13-28(22(29)11-14-30-20-9-7-17(3)8-10-20)24-26-23-18(4)15-19(25)16-21(23)31-24;/h7-10,15-16H,5-6,11-14H2,1-4H3;1H. The quantitative estimate of drug-likeness (QED) is 0.279. The maximum absolute atomic E-state index is 13.2. The van der Waals surface area contributed by atoms with Gasteiger partial charge in [-0.25, -0.2) is 4.98 Å². The third-order valence-corrected chi connectivity index (χ3v) is 7.57. The molecule has 0 saturated carbocycles. The van der Waals surface area contributed by atoms with E-state index in [1.807, 2.05) is 24.0 Å². The predicted molar refractivity (Wildman–Crippen MR) is 143 cm³/mol. The Kier molecular flexibility index (Phi) is 10.8. The summed E-state index contributed by atoms with van der Waals surface area (Å²) in [6.07, 6.45) is 0.479. The fraction of sp³-hybridized carbons (Fsp3) is 0.417. The Morgan fingerprint density at radius 1 is 1.09 bits per heavy atom. The van der Waals surface area contributed by atoms with Gasteiger partial charge in [0.05, 0.1) is 10.2 Å². The molecule has 0 aliphatic carbocycles. The van der Waals surface area contributed by atoms with Gasteiger partial charge >= 0.3 is 0 Å². The van der Waals surface area contributed by atoms with Gasteiger partial charge in [-0.2, -0.15) is 0 Å². The Balaban J connectivity index is 0.00000363. The molecule has 0 fully saturated rings. The lowest BCUT2D eigenvalue weighted by atomic mass is 10.2. The Morgan fingerprint density at radius 3 is 2.44 bits per heavy atom. The van der Waals surface area contributed by atoms with Crippen molar-refractivity contribution in [1.82, 2.24) is 9.88 Å². The number of thiazole rings is 1. The number of carbonyl (C=O) groups is 1. The number of thioether (sulfide) groups is 1. The monoisotopic (exact) mass is 511 g/mol. The Hall–Kier alpha value is -1.31. The van der Waals surface area contributed by atoms with Gasteiger partial charge in [-0.1, -0.05) is 54.5 Å². The molecule has 0 bridgehead atoms. The van der Waals surface area contributed by atoms with Crippen molar-refractivity contribution in [3.8, 4) is 0 Å². The highest BCUT2D eigenvalue weighted by molar-refractivity contribution is 7.99. The van der Waals surface area contributed by atoms with E-state index in [9.17, 15) is 4.79 Å². The van der Waals surface area contributed by atoms with E-state index in [2.05, 4.69) is 49.9 Å². The van der Waals surface area contributed by atoms with Crippen molar-refractivity contribution in [3.63, 3.8) is 0 Å². The van der Waals surface area contributed by atoms with E-state index in [1.165, 1.54) is 10.5 Å². The number of carbonyl (C=O) groups excluding carboxylic acids is 1. The van der Waals surface area contributed by atoms with Crippen LogP contribution in [0.5, 0.6) is 0 Å². The van der Waals surface area contributed by atoms with E-state index >= 15 is 0 Å². The minimum atomic E-state index is 0. The second-order valence-corrected chi connectivity index (χ2v) is 10.2. The molecule has 8 heteroatoms. The molecule has 2 aromatic carbocycles. The first-order chi connectivity index (χ1) is 14.9. The number of nitrogens with zero attached hydrogens (tertiary/aromatic N) is 3. The normalized spacial score (nSPS) is 11.1. The Morgan fingerprint density at radius 2 is 1.78 bits per heavy atom. The van der Waals surface area contributed by atoms with Gasteiger partial charge in [0.2, 0.25) is 5.91 Å². The Labute approximate surface area is 210 Å². The predicted octanol–water partition coefficient (Wildman–Crippen LogP) is 6.85. The molecule has 3 rings (SSSR count). The number of hydrogen-bond acceptors (Lipinski definition) is 5. The van der Waals surface area contributed by atoms with Crippen LogP contribution >= 0.6 is 47.1 Å². The first kappa shape index (κ1) is 26.9. The van der Waals surface area contributed by atoms with Gasteiger partial charge < -0.3 is 4.90 Å². The van der Waals surface area contributed by atoms with Crippen LogP contribution in [0.1, 0.15) is 31.4 Å². The third-order valence-electron chi connectivity index (χ3n) is 5.31. The molecule has 0 unspecified atom stereocenters. The molecule has 174 valence electrons. The summed E-state index contributed by atoms with van der Waals surface area (Å²) < 4.78 is 1.02. The number of aryl methyl sites for hydroxylation is 2. The summed E-state index contributed by atoms with van der Waals surface area (Å²) in [5.41, 5.74) is 3.21. The summed E-state index contributed by atoms with van der Waals surface area (Å²) in [6.45, 7) is 11.8. The fourth-order valence-corrected chi connectivity index (χ4v) is 5.70. The van der Waals surface area contributed by atoms with Gasteiger partial charge in [0.25, 0.3) is 0 Å². The van der Waals surface area contributed by atoms with Crippen molar-refractivity contribution in [2.75, 3.05) is 36.8 Å². The van der Waals surface area contributed by atoms with Gasteiger partial charge in [-0.3, -0.25) is 9.69 Å². The molecule has 0 aliphatic rings. The summed E-state index contributed by atoms with van der Waals surface area (Å²) in [4.78, 5) is 23.5. The summed E-state index contributed by atoms with van der Waals surface area (Å²) in [6, 6.07) is 12.3. The minimum Gasteiger partial charge on any atom is -0.302 e. The summed E-state index contributed by atoms with van der Waals surface area (Å²) in [7, 11) is 0. The number of benzene rings is 2. The topological polar surface area (TPSA) is 36.4 Å². The molecule has 4 nitrogen and oxygen atoms in total. The van der Waals surface area contributed by atoms with Crippen LogP contribution in [-0.4, -0.2) is 47.7 Å². The lowest BCUT2D eigenvalue weighted by Crippen LogP contribution is -2.39. The SMILES string of the molecule is CCN(CC)CCN(C(=O)CCSc1ccc(C)cc1)c1nc2c(C)cc(Cl)cc2s1.Cl. The van der Waals surface area contributed by atoms with Gasteiger partial charge in [0.15, 0.2) is 5.13 Å². The largest absolute Gasteiger partial charge is 0.302 e. The van der Waals surface area contributed by atoms with E-state index < -0.39 is 0 Å².